The second kappa shape index (κ2) is 11.2. The Hall–Kier alpha value is -2.89. The van der Waals surface area contributed by atoms with Crippen molar-refractivity contribution in [2.45, 2.75) is 39.8 Å². The number of rotatable bonds is 10. The quantitative estimate of drug-likeness (QED) is 0.647. The molecule has 2 aromatic carbocycles. The predicted molar refractivity (Wildman–Crippen MR) is 115 cm³/mol. The van der Waals surface area contributed by atoms with Crippen LogP contribution in [0.3, 0.4) is 0 Å². The van der Waals surface area contributed by atoms with Gasteiger partial charge in [-0.2, -0.15) is 0 Å². The smallest absolute Gasteiger partial charge is 0.317 e. The molecule has 6 nitrogen and oxygen atoms in total. The van der Waals surface area contributed by atoms with E-state index in [0.29, 0.717) is 37.6 Å². The van der Waals surface area contributed by atoms with E-state index in [1.807, 2.05) is 68.1 Å². The maximum atomic E-state index is 12.7. The first-order chi connectivity index (χ1) is 14.0. The van der Waals surface area contributed by atoms with Crippen molar-refractivity contribution in [2.24, 2.45) is 0 Å². The van der Waals surface area contributed by atoms with Crippen LogP contribution >= 0.6 is 0 Å². The Morgan fingerprint density at radius 3 is 2.24 bits per heavy atom. The van der Waals surface area contributed by atoms with Crippen LogP contribution in [0.4, 0.5) is 4.79 Å². The summed E-state index contributed by atoms with van der Waals surface area (Å²) in [6.07, 6.45) is 0.711. The molecular formula is C23H32N2O4. The Kier molecular flexibility index (Phi) is 8.65. The lowest BCUT2D eigenvalue weighted by Gasteiger charge is -2.25. The van der Waals surface area contributed by atoms with Crippen LogP contribution in [0.15, 0.2) is 42.5 Å². The van der Waals surface area contributed by atoms with Crippen molar-refractivity contribution in [1.29, 1.82) is 0 Å². The van der Waals surface area contributed by atoms with Gasteiger partial charge in [0.05, 0.1) is 20.8 Å². The summed E-state index contributed by atoms with van der Waals surface area (Å²) in [7, 11) is 3.24. The normalized spacial score (nSPS) is 10.6. The number of methoxy groups -OCH3 is 2. The summed E-state index contributed by atoms with van der Waals surface area (Å²) in [5.74, 6) is 2.22. The molecule has 0 atom stereocenters. The van der Waals surface area contributed by atoms with Gasteiger partial charge in [0.15, 0.2) is 11.5 Å². The molecule has 0 spiro atoms. The summed E-state index contributed by atoms with van der Waals surface area (Å²) in [5.41, 5.74) is 2.14. The largest absolute Gasteiger partial charge is 0.494 e. The molecule has 158 valence electrons. The third-order valence-electron chi connectivity index (χ3n) is 4.43. The fourth-order valence-electron chi connectivity index (χ4n) is 2.97. The van der Waals surface area contributed by atoms with E-state index in [2.05, 4.69) is 5.32 Å². The third-order valence-corrected chi connectivity index (χ3v) is 4.43. The van der Waals surface area contributed by atoms with Gasteiger partial charge < -0.3 is 24.4 Å². The van der Waals surface area contributed by atoms with E-state index in [-0.39, 0.29) is 12.1 Å². The fourth-order valence-corrected chi connectivity index (χ4v) is 2.97. The molecule has 0 aromatic heterocycles. The van der Waals surface area contributed by atoms with Gasteiger partial charge in [-0.25, -0.2) is 4.79 Å². The van der Waals surface area contributed by atoms with Crippen LogP contribution in [0.2, 0.25) is 0 Å². The number of hydrogen-bond acceptors (Lipinski definition) is 4. The number of amides is 2. The number of urea groups is 1. The minimum atomic E-state index is -0.0747. The zero-order chi connectivity index (χ0) is 21.2. The molecule has 0 heterocycles. The van der Waals surface area contributed by atoms with Gasteiger partial charge in [-0.3, -0.25) is 0 Å². The molecule has 2 rings (SSSR count). The predicted octanol–water partition coefficient (Wildman–Crippen LogP) is 4.27. The summed E-state index contributed by atoms with van der Waals surface area (Å²) in [6.45, 7) is 7.62. The molecule has 0 aliphatic heterocycles. The van der Waals surface area contributed by atoms with Crippen molar-refractivity contribution in [3.05, 3.63) is 53.6 Å². The molecule has 0 saturated carbocycles. The summed E-state index contributed by atoms with van der Waals surface area (Å²) >= 11 is 0. The van der Waals surface area contributed by atoms with Gasteiger partial charge in [0.1, 0.15) is 5.75 Å². The van der Waals surface area contributed by atoms with E-state index in [1.54, 1.807) is 14.2 Å². The monoisotopic (exact) mass is 400 g/mol. The Bertz CT molecular complexity index is 775. The fraction of sp³-hybridized carbons (Fsp3) is 0.435. The Balaban J connectivity index is 2.10. The van der Waals surface area contributed by atoms with Crippen LogP contribution in [0.5, 0.6) is 17.2 Å². The maximum Gasteiger partial charge on any atom is 0.317 e. The van der Waals surface area contributed by atoms with Crippen LogP contribution in [-0.2, 0) is 13.0 Å². The average molecular weight is 401 g/mol. The molecule has 0 fully saturated rings. The van der Waals surface area contributed by atoms with Crippen LogP contribution in [0.1, 0.15) is 31.9 Å². The Morgan fingerprint density at radius 2 is 1.66 bits per heavy atom. The molecule has 0 aliphatic rings. The minimum absolute atomic E-state index is 0.0747. The Morgan fingerprint density at radius 1 is 1.00 bits per heavy atom. The van der Waals surface area contributed by atoms with E-state index in [1.165, 1.54) is 0 Å². The lowest BCUT2D eigenvalue weighted by atomic mass is 10.1. The van der Waals surface area contributed by atoms with Gasteiger partial charge in [0.25, 0.3) is 0 Å². The number of hydrogen-bond donors (Lipinski definition) is 1. The van der Waals surface area contributed by atoms with Crippen LogP contribution in [-0.4, -0.2) is 44.3 Å². The van der Waals surface area contributed by atoms with Crippen molar-refractivity contribution in [2.75, 3.05) is 27.4 Å². The first-order valence-electron chi connectivity index (χ1n) is 9.94. The van der Waals surface area contributed by atoms with E-state index in [0.717, 1.165) is 16.9 Å². The zero-order valence-electron chi connectivity index (χ0n) is 18.0. The molecule has 0 unspecified atom stereocenters. The lowest BCUT2D eigenvalue weighted by molar-refractivity contribution is 0.193. The zero-order valence-corrected chi connectivity index (χ0v) is 18.0. The van der Waals surface area contributed by atoms with Crippen molar-refractivity contribution in [3.63, 3.8) is 0 Å². The standard InChI is InChI=1S/C23H32N2O4/c1-6-29-20-10-7-19(8-11-20)16-25(23(26)24-17(2)3)14-13-18-9-12-21(27-4)22(15-18)28-5/h7-12,15,17H,6,13-14,16H2,1-5H3,(H,24,26). The lowest BCUT2D eigenvalue weighted by Crippen LogP contribution is -2.43. The van der Waals surface area contributed by atoms with Crippen molar-refractivity contribution >= 4 is 6.03 Å². The molecular weight excluding hydrogens is 368 g/mol. The molecule has 0 aliphatic carbocycles. The summed E-state index contributed by atoms with van der Waals surface area (Å²) < 4.78 is 16.2. The second-order valence-corrected chi connectivity index (χ2v) is 7.04. The molecule has 0 saturated heterocycles. The molecule has 2 aromatic rings. The SMILES string of the molecule is CCOc1ccc(CN(CCc2ccc(OC)c(OC)c2)C(=O)NC(C)C)cc1. The first kappa shape index (κ1) is 22.4. The molecule has 0 radical (unpaired) electrons. The molecule has 0 bridgehead atoms. The topological polar surface area (TPSA) is 60.0 Å². The van der Waals surface area contributed by atoms with E-state index >= 15 is 0 Å². The van der Waals surface area contributed by atoms with Crippen molar-refractivity contribution in [1.82, 2.24) is 10.2 Å². The average Bonchev–Trinajstić information content (AvgIpc) is 2.71. The summed E-state index contributed by atoms with van der Waals surface area (Å²) in [6, 6.07) is 13.7. The Labute approximate surface area is 173 Å². The van der Waals surface area contributed by atoms with Crippen LogP contribution in [0, 0.1) is 0 Å². The van der Waals surface area contributed by atoms with E-state index in [9.17, 15) is 4.79 Å². The van der Waals surface area contributed by atoms with E-state index < -0.39 is 0 Å². The number of nitrogens with zero attached hydrogens (tertiary/aromatic N) is 1. The first-order valence-corrected chi connectivity index (χ1v) is 9.94. The van der Waals surface area contributed by atoms with Gasteiger partial charge in [-0.05, 0) is 62.6 Å². The molecule has 29 heavy (non-hydrogen) atoms. The van der Waals surface area contributed by atoms with E-state index in [4.69, 9.17) is 14.2 Å². The highest BCUT2D eigenvalue weighted by Gasteiger charge is 2.15. The third kappa shape index (κ3) is 6.89. The number of ether oxygens (including phenoxy) is 3. The highest BCUT2D eigenvalue weighted by Crippen LogP contribution is 2.27. The number of carbonyl (C=O) groups is 1. The summed E-state index contributed by atoms with van der Waals surface area (Å²) in [5, 5.41) is 2.99. The maximum absolute atomic E-state index is 12.7. The second-order valence-electron chi connectivity index (χ2n) is 7.04. The van der Waals surface area contributed by atoms with Crippen LogP contribution in [0.25, 0.3) is 0 Å². The van der Waals surface area contributed by atoms with Gasteiger partial charge in [0, 0.05) is 19.1 Å². The summed E-state index contributed by atoms with van der Waals surface area (Å²) in [4.78, 5) is 14.5. The highest BCUT2D eigenvalue weighted by molar-refractivity contribution is 5.74. The molecule has 1 N–H and O–H groups in total. The number of nitrogens with one attached hydrogen (secondary N) is 1. The van der Waals surface area contributed by atoms with Gasteiger partial charge in [-0.1, -0.05) is 18.2 Å². The van der Waals surface area contributed by atoms with Crippen molar-refractivity contribution < 1.29 is 19.0 Å². The number of benzene rings is 2. The van der Waals surface area contributed by atoms with Crippen LogP contribution < -0.4 is 19.5 Å². The molecule has 2 amide bonds. The molecule has 6 heteroatoms. The van der Waals surface area contributed by atoms with Gasteiger partial charge in [-0.15, -0.1) is 0 Å². The van der Waals surface area contributed by atoms with Gasteiger partial charge >= 0.3 is 6.03 Å². The number of carbonyl (C=O) groups excluding carboxylic acids is 1. The highest BCUT2D eigenvalue weighted by atomic mass is 16.5. The van der Waals surface area contributed by atoms with Gasteiger partial charge in [0.2, 0.25) is 0 Å². The van der Waals surface area contributed by atoms with Crippen molar-refractivity contribution in [3.8, 4) is 17.2 Å². The minimum Gasteiger partial charge on any atom is -0.494 e.